The molecule has 0 amide bonds. The second kappa shape index (κ2) is 6.42. The van der Waals surface area contributed by atoms with Gasteiger partial charge >= 0.3 is 0 Å². The Morgan fingerprint density at radius 2 is 1.74 bits per heavy atom. The van der Waals surface area contributed by atoms with Crippen LogP contribution >= 0.6 is 0 Å². The summed E-state index contributed by atoms with van der Waals surface area (Å²) in [6, 6.07) is 1.45. The van der Waals surface area contributed by atoms with Crippen molar-refractivity contribution in [3.05, 3.63) is 35.1 Å². The lowest BCUT2D eigenvalue weighted by Crippen LogP contribution is -2.29. The van der Waals surface area contributed by atoms with Crippen LogP contribution in [0.25, 0.3) is 0 Å². The van der Waals surface area contributed by atoms with Gasteiger partial charge in [-0.25, -0.2) is 13.2 Å². The average molecular weight is 271 g/mol. The van der Waals surface area contributed by atoms with E-state index in [0.717, 1.165) is 44.7 Å². The summed E-state index contributed by atoms with van der Waals surface area (Å²) < 4.78 is 40.3. The molecule has 0 spiro atoms. The molecule has 0 radical (unpaired) electrons. The molecule has 1 aromatic rings. The van der Waals surface area contributed by atoms with Crippen molar-refractivity contribution in [1.29, 1.82) is 0 Å². The molecular weight excluding hydrogens is 251 g/mol. The molecule has 1 aromatic carbocycles. The predicted molar refractivity (Wildman–Crippen MR) is 69.3 cm³/mol. The molecule has 0 aliphatic heterocycles. The highest BCUT2D eigenvalue weighted by molar-refractivity contribution is 5.24. The van der Waals surface area contributed by atoms with Gasteiger partial charge in [0.05, 0.1) is 0 Å². The summed E-state index contributed by atoms with van der Waals surface area (Å²) in [4.78, 5) is 0. The lowest BCUT2D eigenvalue weighted by atomic mass is 9.91. The molecule has 0 bridgehead atoms. The summed E-state index contributed by atoms with van der Waals surface area (Å²) >= 11 is 0. The summed E-state index contributed by atoms with van der Waals surface area (Å²) in [6.45, 7) is 2.78. The lowest BCUT2D eigenvalue weighted by Gasteiger charge is -2.25. The Morgan fingerprint density at radius 3 is 2.37 bits per heavy atom. The van der Waals surface area contributed by atoms with Crippen LogP contribution in [0.5, 0.6) is 0 Å². The Bertz CT molecular complexity index is 428. The Morgan fingerprint density at radius 1 is 1.11 bits per heavy atom. The average Bonchev–Trinajstić information content (AvgIpc) is 2.89. The Labute approximate surface area is 112 Å². The van der Waals surface area contributed by atoms with Gasteiger partial charge < -0.3 is 5.32 Å². The highest BCUT2D eigenvalue weighted by Gasteiger charge is 2.28. The molecule has 106 valence electrons. The van der Waals surface area contributed by atoms with E-state index in [1.54, 1.807) is 0 Å². The van der Waals surface area contributed by atoms with E-state index in [2.05, 4.69) is 5.32 Å². The molecule has 1 saturated carbocycles. The van der Waals surface area contributed by atoms with Crippen LogP contribution in [-0.4, -0.2) is 6.54 Å². The minimum atomic E-state index is -1.12. The van der Waals surface area contributed by atoms with Crippen molar-refractivity contribution in [3.8, 4) is 0 Å². The van der Waals surface area contributed by atoms with Gasteiger partial charge in [0.1, 0.15) is 5.82 Å². The molecule has 0 saturated heterocycles. The molecule has 19 heavy (non-hydrogen) atoms. The number of rotatable bonds is 5. The third-order valence-electron chi connectivity index (χ3n) is 3.86. The van der Waals surface area contributed by atoms with E-state index < -0.39 is 17.5 Å². The SMILES string of the molecule is CCCNC(c1cc(F)c(F)cc1F)C1CCCC1. The lowest BCUT2D eigenvalue weighted by molar-refractivity contribution is 0.353. The third kappa shape index (κ3) is 3.30. The Kier molecular flexibility index (Phi) is 4.86. The Hall–Kier alpha value is -1.03. The van der Waals surface area contributed by atoms with E-state index in [1.165, 1.54) is 0 Å². The van der Waals surface area contributed by atoms with Gasteiger partial charge in [-0.05, 0) is 37.8 Å². The van der Waals surface area contributed by atoms with Crippen LogP contribution in [0.15, 0.2) is 12.1 Å². The number of hydrogen-bond acceptors (Lipinski definition) is 1. The van der Waals surface area contributed by atoms with Gasteiger partial charge in [-0.15, -0.1) is 0 Å². The fraction of sp³-hybridized carbons (Fsp3) is 0.600. The van der Waals surface area contributed by atoms with Gasteiger partial charge in [0, 0.05) is 17.7 Å². The molecule has 1 aliphatic carbocycles. The molecular formula is C15H20F3N. The predicted octanol–water partition coefficient (Wildman–Crippen LogP) is 4.33. The second-order valence-electron chi connectivity index (χ2n) is 5.26. The van der Waals surface area contributed by atoms with Crippen LogP contribution < -0.4 is 5.32 Å². The largest absolute Gasteiger partial charge is 0.310 e. The second-order valence-corrected chi connectivity index (χ2v) is 5.26. The molecule has 0 aromatic heterocycles. The van der Waals surface area contributed by atoms with Gasteiger partial charge in [0.25, 0.3) is 0 Å². The van der Waals surface area contributed by atoms with Crippen molar-refractivity contribution in [2.75, 3.05) is 6.54 Å². The number of benzene rings is 1. The highest BCUT2D eigenvalue weighted by atomic mass is 19.2. The maximum absolute atomic E-state index is 13.9. The third-order valence-corrected chi connectivity index (χ3v) is 3.86. The zero-order valence-electron chi connectivity index (χ0n) is 11.2. The molecule has 2 rings (SSSR count). The van der Waals surface area contributed by atoms with E-state index >= 15 is 0 Å². The number of halogens is 3. The van der Waals surface area contributed by atoms with E-state index in [1.807, 2.05) is 6.92 Å². The first-order chi connectivity index (χ1) is 9.13. The van der Waals surface area contributed by atoms with Crippen LogP contribution in [0.1, 0.15) is 50.6 Å². The van der Waals surface area contributed by atoms with Crippen molar-refractivity contribution in [2.45, 2.75) is 45.1 Å². The van der Waals surface area contributed by atoms with E-state index in [4.69, 9.17) is 0 Å². The van der Waals surface area contributed by atoms with Gasteiger partial charge in [-0.3, -0.25) is 0 Å². The van der Waals surface area contributed by atoms with Gasteiger partial charge in [0.2, 0.25) is 0 Å². The fourth-order valence-electron chi connectivity index (χ4n) is 2.90. The molecule has 1 atom stereocenters. The topological polar surface area (TPSA) is 12.0 Å². The summed E-state index contributed by atoms with van der Waals surface area (Å²) in [5.74, 6) is -2.44. The van der Waals surface area contributed by atoms with Crippen LogP contribution in [-0.2, 0) is 0 Å². The van der Waals surface area contributed by atoms with E-state index in [0.29, 0.717) is 12.0 Å². The first-order valence-electron chi connectivity index (χ1n) is 7.01. The minimum Gasteiger partial charge on any atom is -0.310 e. The van der Waals surface area contributed by atoms with Crippen LogP contribution in [0.4, 0.5) is 13.2 Å². The number of hydrogen-bond donors (Lipinski definition) is 1. The molecule has 1 aliphatic rings. The van der Waals surface area contributed by atoms with Gasteiger partial charge in [-0.2, -0.15) is 0 Å². The summed E-state index contributed by atoms with van der Waals surface area (Å²) in [6.07, 6.45) is 5.20. The fourth-order valence-corrected chi connectivity index (χ4v) is 2.90. The monoisotopic (exact) mass is 271 g/mol. The first-order valence-corrected chi connectivity index (χ1v) is 7.01. The summed E-state index contributed by atoms with van der Waals surface area (Å²) in [5.41, 5.74) is 0.263. The quantitative estimate of drug-likeness (QED) is 0.786. The van der Waals surface area contributed by atoms with Crippen LogP contribution in [0, 0.1) is 23.4 Å². The maximum Gasteiger partial charge on any atom is 0.161 e. The van der Waals surface area contributed by atoms with Gasteiger partial charge in [0.15, 0.2) is 11.6 Å². The molecule has 0 heterocycles. The van der Waals surface area contributed by atoms with Crippen LogP contribution in [0.3, 0.4) is 0 Å². The first kappa shape index (κ1) is 14.4. The summed E-state index contributed by atoms with van der Waals surface area (Å²) in [7, 11) is 0. The standard InChI is InChI=1S/C15H20F3N/c1-2-7-19-15(10-5-3-4-6-10)11-8-13(17)14(18)9-12(11)16/h8-10,15,19H,2-7H2,1H3. The molecule has 4 heteroatoms. The van der Waals surface area contributed by atoms with Crippen molar-refractivity contribution in [2.24, 2.45) is 5.92 Å². The highest BCUT2D eigenvalue weighted by Crippen LogP contribution is 2.37. The molecule has 1 fully saturated rings. The molecule has 1 nitrogen and oxygen atoms in total. The van der Waals surface area contributed by atoms with Crippen molar-refractivity contribution >= 4 is 0 Å². The van der Waals surface area contributed by atoms with Crippen molar-refractivity contribution in [1.82, 2.24) is 5.32 Å². The number of nitrogens with one attached hydrogen (secondary N) is 1. The zero-order chi connectivity index (χ0) is 13.8. The Balaban J connectivity index is 2.28. The normalized spacial score (nSPS) is 17.9. The minimum absolute atomic E-state index is 0.211. The summed E-state index contributed by atoms with van der Waals surface area (Å²) in [5, 5.41) is 3.29. The van der Waals surface area contributed by atoms with E-state index in [-0.39, 0.29) is 11.6 Å². The van der Waals surface area contributed by atoms with Crippen molar-refractivity contribution < 1.29 is 13.2 Å². The molecule has 1 unspecified atom stereocenters. The van der Waals surface area contributed by atoms with E-state index in [9.17, 15) is 13.2 Å². The van der Waals surface area contributed by atoms with Gasteiger partial charge in [-0.1, -0.05) is 19.8 Å². The zero-order valence-corrected chi connectivity index (χ0v) is 11.2. The maximum atomic E-state index is 13.9. The molecule has 1 N–H and O–H groups in total. The van der Waals surface area contributed by atoms with Crippen molar-refractivity contribution in [3.63, 3.8) is 0 Å². The smallest absolute Gasteiger partial charge is 0.161 e. The van der Waals surface area contributed by atoms with Crippen LogP contribution in [0.2, 0.25) is 0 Å².